The van der Waals surface area contributed by atoms with Crippen molar-refractivity contribution in [1.29, 1.82) is 0 Å². The second kappa shape index (κ2) is 9.68. The summed E-state index contributed by atoms with van der Waals surface area (Å²) in [6.45, 7) is 0. The molecule has 0 radical (unpaired) electrons. The molecule has 1 aromatic rings. The molecule has 0 atom stereocenters. The van der Waals surface area contributed by atoms with Crippen molar-refractivity contribution >= 4 is 25.4 Å². The van der Waals surface area contributed by atoms with Gasteiger partial charge in [-0.1, -0.05) is 25.7 Å². The first-order valence-electron chi connectivity index (χ1n) is 5.84. The molecule has 0 unspecified atom stereocenters. The Bertz CT molecular complexity index is 258. The minimum absolute atomic E-state index is 0.861. The van der Waals surface area contributed by atoms with Crippen molar-refractivity contribution in [3.05, 3.63) is 30.3 Å². The minimum atomic E-state index is 0.861. The Morgan fingerprint density at radius 1 is 1.06 bits per heavy atom. The Labute approximate surface area is 120 Å². The summed E-state index contributed by atoms with van der Waals surface area (Å²) in [6.07, 6.45) is 8.55. The summed E-state index contributed by atoms with van der Waals surface area (Å²) >= 11 is 6.31. The molecular formula is C13H17BrSZn. The van der Waals surface area contributed by atoms with Gasteiger partial charge in [-0.25, -0.2) is 0 Å². The van der Waals surface area contributed by atoms with Crippen molar-refractivity contribution in [2.24, 2.45) is 0 Å². The van der Waals surface area contributed by atoms with Crippen molar-refractivity contribution < 1.29 is 16.3 Å². The minimum Gasteiger partial charge on any atom is -0.184 e. The van der Waals surface area contributed by atoms with E-state index in [1.807, 2.05) is 12.1 Å². The van der Waals surface area contributed by atoms with E-state index in [9.17, 15) is 0 Å². The Morgan fingerprint density at radius 3 is 2.19 bits per heavy atom. The third-order valence-corrected chi connectivity index (χ3v) is 4.14. The van der Waals surface area contributed by atoms with E-state index in [0.717, 1.165) is 5.25 Å². The zero-order valence-corrected chi connectivity index (χ0v) is 15.0. The molecule has 0 N–H and O–H groups in total. The van der Waals surface area contributed by atoms with Crippen LogP contribution in [0.5, 0.6) is 0 Å². The first-order chi connectivity index (χ1) is 7.95. The average molecular weight is 351 g/mol. The molecule has 0 bridgehead atoms. The van der Waals surface area contributed by atoms with Crippen molar-refractivity contribution in [3.8, 4) is 0 Å². The van der Waals surface area contributed by atoms with Gasteiger partial charge in [0.25, 0.3) is 0 Å². The molecule has 0 aliphatic heterocycles. The number of thioether (sulfide) groups is 1. The first-order valence-corrected chi connectivity index (χ1v) is 13.7. The van der Waals surface area contributed by atoms with E-state index in [1.54, 1.807) is 0 Å². The van der Waals surface area contributed by atoms with Crippen LogP contribution in [0.4, 0.5) is 0 Å². The summed E-state index contributed by atoms with van der Waals surface area (Å²) < 4.78 is 0. The zero-order valence-electron chi connectivity index (χ0n) is 9.62. The molecule has 1 fully saturated rings. The Balaban J connectivity index is 0.000000606. The van der Waals surface area contributed by atoms with Gasteiger partial charge in [0.15, 0.2) is 0 Å². The van der Waals surface area contributed by atoms with Gasteiger partial charge in [0, 0.05) is 5.25 Å². The molecule has 1 saturated carbocycles. The van der Waals surface area contributed by atoms with Gasteiger partial charge >= 0.3 is 30.0 Å². The van der Waals surface area contributed by atoms with E-state index in [1.165, 1.54) is 59.8 Å². The van der Waals surface area contributed by atoms with Gasteiger partial charge in [-0.2, -0.15) is 30.3 Å². The number of benzene rings is 1. The van der Waals surface area contributed by atoms with Crippen LogP contribution >= 0.6 is 25.4 Å². The standard InChI is InChI=1S/C13H17S.BrH.Zn/c1-2-5-9-12(8-4-1)14-13-10-6-3-7-11-13;;/h6-7,10-12H,1-2,4-5,8-9H2;1H;/q-1;;+2/p-1. The van der Waals surface area contributed by atoms with Crippen LogP contribution in [0.25, 0.3) is 0 Å². The molecule has 1 aliphatic rings. The fourth-order valence-corrected chi connectivity index (χ4v) is 3.25. The van der Waals surface area contributed by atoms with Gasteiger partial charge in [-0.15, -0.1) is 16.7 Å². The smallest absolute Gasteiger partial charge is 0.00736 e. The van der Waals surface area contributed by atoms with E-state index in [-0.39, 0.29) is 0 Å². The number of hydrogen-bond donors (Lipinski definition) is 0. The van der Waals surface area contributed by atoms with Gasteiger partial charge in [0.05, 0.1) is 0 Å². The summed E-state index contributed by atoms with van der Waals surface area (Å²) in [7, 11) is 0. The maximum atomic E-state index is 3.07. The maximum Gasteiger partial charge on any atom is 0.00736 e. The second-order valence-electron chi connectivity index (χ2n) is 3.97. The van der Waals surface area contributed by atoms with Crippen molar-refractivity contribution in [1.82, 2.24) is 0 Å². The van der Waals surface area contributed by atoms with Crippen molar-refractivity contribution in [2.75, 3.05) is 0 Å². The molecule has 0 spiro atoms. The van der Waals surface area contributed by atoms with Crippen LogP contribution in [-0.4, -0.2) is 5.25 Å². The summed E-state index contributed by atoms with van der Waals surface area (Å²) in [5.41, 5.74) is 0. The van der Waals surface area contributed by atoms with Crippen LogP contribution in [0.3, 0.4) is 0 Å². The van der Waals surface area contributed by atoms with Gasteiger partial charge in [0.2, 0.25) is 0 Å². The third-order valence-electron chi connectivity index (χ3n) is 2.79. The summed E-state index contributed by atoms with van der Waals surface area (Å²) in [6, 6.07) is 11.4. The normalized spacial score (nSPS) is 17.2. The van der Waals surface area contributed by atoms with E-state index < -0.39 is 0 Å². The molecule has 2 rings (SSSR count). The molecule has 84 valence electrons. The van der Waals surface area contributed by atoms with Crippen LogP contribution in [0, 0.1) is 6.07 Å². The van der Waals surface area contributed by atoms with E-state index in [2.05, 4.69) is 43.6 Å². The average Bonchev–Trinajstić information content (AvgIpc) is 2.62. The van der Waals surface area contributed by atoms with Gasteiger partial charge in [-0.05, 0) is 12.8 Å². The number of halogens is 1. The largest absolute Gasteiger partial charge is 0.184 e. The zero-order chi connectivity index (χ0) is 11.6. The molecular weight excluding hydrogens is 334 g/mol. The van der Waals surface area contributed by atoms with Crippen LogP contribution in [-0.2, 0) is 16.3 Å². The molecule has 0 saturated heterocycles. The molecule has 0 aromatic heterocycles. The van der Waals surface area contributed by atoms with Crippen LogP contribution in [0.1, 0.15) is 38.5 Å². The molecule has 16 heavy (non-hydrogen) atoms. The van der Waals surface area contributed by atoms with E-state index in [0.29, 0.717) is 0 Å². The molecule has 3 heteroatoms. The quantitative estimate of drug-likeness (QED) is 0.404. The van der Waals surface area contributed by atoms with Crippen LogP contribution in [0.2, 0.25) is 0 Å². The van der Waals surface area contributed by atoms with Crippen LogP contribution in [0.15, 0.2) is 29.2 Å². The second-order valence-corrected chi connectivity index (χ2v) is 5.34. The summed E-state index contributed by atoms with van der Waals surface area (Å²) in [5, 5.41) is 0.861. The number of hydrogen-bond acceptors (Lipinski definition) is 1. The van der Waals surface area contributed by atoms with E-state index >= 15 is 0 Å². The molecule has 0 nitrogen and oxygen atoms in total. The number of rotatable bonds is 2. The molecule has 0 heterocycles. The SMILES string of the molecule is [Zn+][Br].[c-]1ccc(SC2CCCCCC2)cc1. The fraction of sp³-hybridized carbons (Fsp3) is 0.538. The van der Waals surface area contributed by atoms with Gasteiger partial charge in [-0.3, -0.25) is 0 Å². The molecule has 1 aromatic carbocycles. The third kappa shape index (κ3) is 5.84. The fourth-order valence-electron chi connectivity index (χ4n) is 2.00. The van der Waals surface area contributed by atoms with Crippen LogP contribution < -0.4 is 0 Å². The summed E-state index contributed by atoms with van der Waals surface area (Å²) in [4.78, 5) is 1.41. The van der Waals surface area contributed by atoms with E-state index in [4.69, 9.17) is 0 Å². The Hall–Kier alpha value is 0.673. The first kappa shape index (κ1) is 14.7. The Kier molecular flexibility index (Phi) is 8.91. The predicted molar refractivity (Wildman–Crippen MR) is 71.6 cm³/mol. The molecule has 1 aliphatic carbocycles. The summed E-state index contributed by atoms with van der Waals surface area (Å²) in [5.74, 6) is 0. The van der Waals surface area contributed by atoms with Gasteiger partial charge < -0.3 is 0 Å². The maximum absolute atomic E-state index is 3.07. The monoisotopic (exact) mass is 348 g/mol. The van der Waals surface area contributed by atoms with Gasteiger partial charge in [0.1, 0.15) is 0 Å². The van der Waals surface area contributed by atoms with Crippen molar-refractivity contribution in [2.45, 2.75) is 48.7 Å². The Morgan fingerprint density at radius 2 is 1.62 bits per heavy atom. The molecule has 0 amide bonds. The van der Waals surface area contributed by atoms with Crippen molar-refractivity contribution in [3.63, 3.8) is 0 Å². The predicted octanol–water partition coefficient (Wildman–Crippen LogP) is 5.14. The topological polar surface area (TPSA) is 0 Å².